The lowest BCUT2D eigenvalue weighted by Gasteiger charge is -2.16. The highest BCUT2D eigenvalue weighted by atomic mass is 16.5. The van der Waals surface area contributed by atoms with Crippen molar-refractivity contribution in [1.82, 2.24) is 4.90 Å². The number of hydrogen-bond acceptors (Lipinski definition) is 4. The summed E-state index contributed by atoms with van der Waals surface area (Å²) in [4.78, 5) is 25.6. The van der Waals surface area contributed by atoms with Crippen molar-refractivity contribution in [1.29, 1.82) is 0 Å². The number of ether oxygens (including phenoxy) is 1. The van der Waals surface area contributed by atoms with Crippen LogP contribution in [0.4, 0.5) is 0 Å². The number of methoxy groups -OCH3 is 1. The lowest BCUT2D eigenvalue weighted by molar-refractivity contribution is 0.0598. The lowest BCUT2D eigenvalue weighted by Crippen LogP contribution is -2.26. The van der Waals surface area contributed by atoms with Crippen LogP contribution in [0, 0.1) is 20.8 Å². The van der Waals surface area contributed by atoms with Gasteiger partial charge in [0.2, 0.25) is 0 Å². The Hall–Kier alpha value is -2.56. The second kappa shape index (κ2) is 6.69. The van der Waals surface area contributed by atoms with Crippen molar-refractivity contribution in [3.05, 3.63) is 58.0 Å². The maximum absolute atomic E-state index is 12.5. The van der Waals surface area contributed by atoms with E-state index in [9.17, 15) is 9.59 Å². The maximum Gasteiger partial charge on any atom is 0.341 e. The van der Waals surface area contributed by atoms with Gasteiger partial charge in [-0.2, -0.15) is 0 Å². The van der Waals surface area contributed by atoms with E-state index in [0.717, 1.165) is 11.1 Å². The number of esters is 1. The van der Waals surface area contributed by atoms with Gasteiger partial charge in [0, 0.05) is 12.6 Å². The molecule has 5 heteroatoms. The van der Waals surface area contributed by atoms with Crippen LogP contribution in [0.1, 0.15) is 43.4 Å². The van der Waals surface area contributed by atoms with E-state index in [1.807, 2.05) is 32.0 Å². The van der Waals surface area contributed by atoms with Gasteiger partial charge in [0.05, 0.1) is 13.7 Å². The number of aryl methyl sites for hydroxylation is 3. The highest BCUT2D eigenvalue weighted by molar-refractivity contribution is 5.94. The summed E-state index contributed by atoms with van der Waals surface area (Å²) in [6, 6.07) is 7.24. The lowest BCUT2D eigenvalue weighted by atomic mass is 10.1. The van der Waals surface area contributed by atoms with Crippen LogP contribution in [-0.2, 0) is 11.3 Å². The third-order valence-electron chi connectivity index (χ3n) is 3.87. The first-order valence-corrected chi connectivity index (χ1v) is 7.33. The zero-order valence-corrected chi connectivity index (χ0v) is 14.1. The molecule has 0 unspecified atom stereocenters. The van der Waals surface area contributed by atoms with Gasteiger partial charge >= 0.3 is 5.97 Å². The quantitative estimate of drug-likeness (QED) is 0.813. The Kier molecular flexibility index (Phi) is 4.89. The number of benzene rings is 1. The molecule has 23 heavy (non-hydrogen) atoms. The summed E-state index contributed by atoms with van der Waals surface area (Å²) in [7, 11) is 3.02. The van der Waals surface area contributed by atoms with Crippen LogP contribution in [0.3, 0.4) is 0 Å². The number of carbonyl (C=O) groups excluding carboxylic acids is 2. The molecule has 2 aromatic rings. The minimum atomic E-state index is -0.444. The Morgan fingerprint density at radius 2 is 1.83 bits per heavy atom. The summed E-state index contributed by atoms with van der Waals surface area (Å²) in [5.41, 5.74) is 3.24. The van der Waals surface area contributed by atoms with E-state index >= 15 is 0 Å². The topological polar surface area (TPSA) is 59.8 Å². The van der Waals surface area contributed by atoms with Crippen LogP contribution < -0.4 is 0 Å². The minimum absolute atomic E-state index is 0.0956. The van der Waals surface area contributed by atoms with Gasteiger partial charge in [-0.05, 0) is 50.1 Å². The molecule has 1 aromatic carbocycles. The van der Waals surface area contributed by atoms with Crippen molar-refractivity contribution < 1.29 is 18.7 Å². The fourth-order valence-corrected chi connectivity index (χ4v) is 2.33. The summed E-state index contributed by atoms with van der Waals surface area (Å²) >= 11 is 0. The summed E-state index contributed by atoms with van der Waals surface area (Å²) in [5, 5.41) is 0. The van der Waals surface area contributed by atoms with E-state index < -0.39 is 5.97 Å². The van der Waals surface area contributed by atoms with Crippen molar-refractivity contribution in [2.75, 3.05) is 14.2 Å². The molecule has 0 saturated heterocycles. The van der Waals surface area contributed by atoms with E-state index in [1.165, 1.54) is 7.11 Å². The third-order valence-corrected chi connectivity index (χ3v) is 3.87. The number of amides is 1. The normalized spacial score (nSPS) is 10.5. The SMILES string of the molecule is COC(=O)c1cc(CN(C)C(=O)c2ccc(C)c(C)c2)oc1C. The van der Waals surface area contributed by atoms with Gasteiger partial charge in [-0.25, -0.2) is 4.79 Å². The summed E-state index contributed by atoms with van der Waals surface area (Å²) in [5.74, 6) is 0.490. The summed E-state index contributed by atoms with van der Waals surface area (Å²) < 4.78 is 10.2. The largest absolute Gasteiger partial charge is 0.465 e. The monoisotopic (exact) mass is 315 g/mol. The van der Waals surface area contributed by atoms with E-state index in [-0.39, 0.29) is 12.5 Å². The van der Waals surface area contributed by atoms with Gasteiger partial charge in [-0.1, -0.05) is 6.07 Å². The Balaban J connectivity index is 2.15. The van der Waals surface area contributed by atoms with Gasteiger partial charge in [0.1, 0.15) is 17.1 Å². The highest BCUT2D eigenvalue weighted by Crippen LogP contribution is 2.18. The van der Waals surface area contributed by atoms with Gasteiger partial charge in [0.15, 0.2) is 0 Å². The van der Waals surface area contributed by atoms with E-state index in [2.05, 4.69) is 0 Å². The first kappa shape index (κ1) is 16.8. The standard InChI is InChI=1S/C18H21NO4/c1-11-6-7-14(8-12(11)2)17(20)19(4)10-15-9-16(13(3)23-15)18(21)22-5/h6-9H,10H2,1-5H3. The molecule has 5 nitrogen and oxygen atoms in total. The Labute approximate surface area is 135 Å². The summed E-state index contributed by atoms with van der Waals surface area (Å²) in [6.07, 6.45) is 0. The average molecular weight is 315 g/mol. The zero-order chi connectivity index (χ0) is 17.1. The van der Waals surface area contributed by atoms with Crippen molar-refractivity contribution in [3.8, 4) is 0 Å². The number of nitrogens with zero attached hydrogens (tertiary/aromatic N) is 1. The minimum Gasteiger partial charge on any atom is -0.465 e. The number of carbonyl (C=O) groups is 2. The van der Waals surface area contributed by atoms with Crippen molar-refractivity contribution in [3.63, 3.8) is 0 Å². The second-order valence-electron chi connectivity index (χ2n) is 5.63. The third kappa shape index (κ3) is 3.62. The molecule has 1 amide bonds. The molecule has 122 valence electrons. The van der Waals surface area contributed by atoms with E-state index in [4.69, 9.17) is 9.15 Å². The zero-order valence-electron chi connectivity index (χ0n) is 14.1. The molecule has 2 rings (SSSR count). The first-order chi connectivity index (χ1) is 10.8. The van der Waals surface area contributed by atoms with Crippen LogP contribution in [0.25, 0.3) is 0 Å². The first-order valence-electron chi connectivity index (χ1n) is 7.33. The van der Waals surface area contributed by atoms with Crippen molar-refractivity contribution in [2.24, 2.45) is 0 Å². The molecule has 0 atom stereocenters. The van der Waals surface area contributed by atoms with Crippen molar-refractivity contribution >= 4 is 11.9 Å². The van der Waals surface area contributed by atoms with E-state index in [0.29, 0.717) is 22.6 Å². The molecule has 0 radical (unpaired) electrons. The Morgan fingerprint density at radius 1 is 1.13 bits per heavy atom. The maximum atomic E-state index is 12.5. The average Bonchev–Trinajstić information content (AvgIpc) is 2.88. The van der Waals surface area contributed by atoms with Crippen molar-refractivity contribution in [2.45, 2.75) is 27.3 Å². The van der Waals surface area contributed by atoms with Crippen LogP contribution >= 0.6 is 0 Å². The molecule has 0 bridgehead atoms. The van der Waals surface area contributed by atoms with Gasteiger partial charge in [-0.15, -0.1) is 0 Å². The van der Waals surface area contributed by atoms with Gasteiger partial charge in [0.25, 0.3) is 5.91 Å². The van der Waals surface area contributed by atoms with Crippen LogP contribution in [-0.4, -0.2) is 30.9 Å². The molecule has 0 N–H and O–H groups in total. The molecule has 0 aliphatic rings. The number of hydrogen-bond donors (Lipinski definition) is 0. The smallest absolute Gasteiger partial charge is 0.341 e. The Bertz CT molecular complexity index is 745. The predicted octanol–water partition coefficient (Wildman–Crippen LogP) is 3.26. The predicted molar refractivity (Wildman–Crippen MR) is 86.5 cm³/mol. The van der Waals surface area contributed by atoms with Gasteiger partial charge in [-0.3, -0.25) is 4.79 Å². The van der Waals surface area contributed by atoms with E-state index in [1.54, 1.807) is 24.9 Å². The molecule has 0 saturated carbocycles. The molecule has 0 aliphatic carbocycles. The number of rotatable bonds is 4. The van der Waals surface area contributed by atoms with Crippen LogP contribution in [0.15, 0.2) is 28.7 Å². The number of furan rings is 1. The van der Waals surface area contributed by atoms with Crippen LogP contribution in [0.2, 0.25) is 0 Å². The molecular formula is C18H21NO4. The molecule has 1 heterocycles. The fraction of sp³-hybridized carbons (Fsp3) is 0.333. The fourth-order valence-electron chi connectivity index (χ4n) is 2.33. The Morgan fingerprint density at radius 3 is 2.43 bits per heavy atom. The molecule has 0 fully saturated rings. The molecule has 0 aliphatic heterocycles. The molecular weight excluding hydrogens is 294 g/mol. The molecule has 1 aromatic heterocycles. The molecule has 0 spiro atoms. The summed E-state index contributed by atoms with van der Waals surface area (Å²) in [6.45, 7) is 5.96. The van der Waals surface area contributed by atoms with Crippen LogP contribution in [0.5, 0.6) is 0 Å². The second-order valence-corrected chi connectivity index (χ2v) is 5.63. The highest BCUT2D eigenvalue weighted by Gasteiger charge is 2.18. The van der Waals surface area contributed by atoms with Gasteiger partial charge < -0.3 is 14.1 Å².